The van der Waals surface area contributed by atoms with E-state index in [9.17, 15) is 0 Å². The minimum atomic E-state index is 0.205. The van der Waals surface area contributed by atoms with Crippen molar-refractivity contribution < 1.29 is 9.47 Å². The molecule has 2 aliphatic rings. The van der Waals surface area contributed by atoms with Gasteiger partial charge in [0.05, 0.1) is 19.0 Å². The van der Waals surface area contributed by atoms with Crippen molar-refractivity contribution in [1.29, 1.82) is 0 Å². The van der Waals surface area contributed by atoms with Crippen LogP contribution >= 0.6 is 0 Å². The summed E-state index contributed by atoms with van der Waals surface area (Å²) >= 11 is 0. The van der Waals surface area contributed by atoms with Crippen LogP contribution in [0.3, 0.4) is 0 Å². The van der Waals surface area contributed by atoms with E-state index in [-0.39, 0.29) is 11.6 Å². The third kappa shape index (κ3) is 2.34. The third-order valence-corrected chi connectivity index (χ3v) is 3.26. The highest BCUT2D eigenvalue weighted by atomic mass is 16.5. The molecule has 2 rings (SSSR count). The van der Waals surface area contributed by atoms with Crippen LogP contribution in [0.1, 0.15) is 27.2 Å². The van der Waals surface area contributed by atoms with E-state index in [1.54, 1.807) is 0 Å². The Hall–Kier alpha value is -0.540. The molecule has 1 atom stereocenters. The summed E-state index contributed by atoms with van der Waals surface area (Å²) in [5, 5.41) is 0. The molecule has 0 aromatic heterocycles. The predicted molar refractivity (Wildman–Crippen MR) is 59.4 cm³/mol. The molecule has 1 saturated heterocycles. The molecule has 3 heteroatoms. The first-order chi connectivity index (χ1) is 7.09. The van der Waals surface area contributed by atoms with Crippen LogP contribution in [0.25, 0.3) is 0 Å². The van der Waals surface area contributed by atoms with Gasteiger partial charge in [-0.1, -0.05) is 13.8 Å². The Balaban J connectivity index is 2.08. The van der Waals surface area contributed by atoms with E-state index in [1.807, 2.05) is 6.92 Å². The minimum Gasteiger partial charge on any atom is -0.480 e. The molecule has 0 aliphatic carbocycles. The molecule has 0 amide bonds. The van der Waals surface area contributed by atoms with Crippen LogP contribution in [-0.4, -0.2) is 37.4 Å². The standard InChI is InChI=1S/C12H21NO2/c1-10-4-5-12(2,3)11(15-10)13-6-8-14-9-7-13/h4,11H,5-9H2,1-3H3. The van der Waals surface area contributed by atoms with Gasteiger partial charge < -0.3 is 9.47 Å². The Morgan fingerprint density at radius 3 is 2.67 bits per heavy atom. The highest BCUT2D eigenvalue weighted by Gasteiger charge is 2.38. The second-order valence-electron chi connectivity index (χ2n) is 5.13. The molecule has 86 valence electrons. The van der Waals surface area contributed by atoms with Crippen molar-refractivity contribution in [3.63, 3.8) is 0 Å². The average molecular weight is 211 g/mol. The Bertz CT molecular complexity index is 254. The molecule has 1 unspecified atom stereocenters. The van der Waals surface area contributed by atoms with Gasteiger partial charge in [0.1, 0.15) is 0 Å². The number of rotatable bonds is 1. The molecule has 0 N–H and O–H groups in total. The zero-order chi connectivity index (χ0) is 10.9. The summed E-state index contributed by atoms with van der Waals surface area (Å²) in [7, 11) is 0. The Morgan fingerprint density at radius 1 is 1.33 bits per heavy atom. The van der Waals surface area contributed by atoms with Gasteiger partial charge >= 0.3 is 0 Å². The largest absolute Gasteiger partial charge is 0.480 e. The quantitative estimate of drug-likeness (QED) is 0.662. The van der Waals surface area contributed by atoms with E-state index >= 15 is 0 Å². The van der Waals surface area contributed by atoms with Crippen molar-refractivity contribution in [2.45, 2.75) is 33.4 Å². The lowest BCUT2D eigenvalue weighted by molar-refractivity contribution is -0.133. The van der Waals surface area contributed by atoms with Gasteiger partial charge in [-0.15, -0.1) is 0 Å². The van der Waals surface area contributed by atoms with Gasteiger partial charge in [-0.3, -0.25) is 4.90 Å². The highest BCUT2D eigenvalue weighted by molar-refractivity contribution is 5.01. The molecule has 1 fully saturated rings. The summed E-state index contributed by atoms with van der Waals surface area (Å²) in [6.07, 6.45) is 3.50. The first kappa shape index (κ1) is 11.0. The first-order valence-electron chi connectivity index (χ1n) is 5.75. The average Bonchev–Trinajstić information content (AvgIpc) is 2.23. The molecule has 15 heavy (non-hydrogen) atoms. The van der Waals surface area contributed by atoms with Gasteiger partial charge in [-0.05, 0) is 19.4 Å². The fraction of sp³-hybridized carbons (Fsp3) is 0.833. The topological polar surface area (TPSA) is 21.7 Å². The molecule has 0 spiro atoms. The van der Waals surface area contributed by atoms with Crippen LogP contribution < -0.4 is 0 Å². The summed E-state index contributed by atoms with van der Waals surface area (Å²) in [5.41, 5.74) is 0.205. The normalized spacial score (nSPS) is 31.9. The lowest BCUT2D eigenvalue weighted by atomic mass is 9.84. The first-order valence-corrected chi connectivity index (χ1v) is 5.75. The van der Waals surface area contributed by atoms with E-state index in [0.29, 0.717) is 0 Å². The number of hydrogen-bond acceptors (Lipinski definition) is 3. The molecular weight excluding hydrogens is 190 g/mol. The summed E-state index contributed by atoms with van der Waals surface area (Å²) in [6.45, 7) is 10.2. The number of morpholine rings is 1. The summed E-state index contributed by atoms with van der Waals surface area (Å²) in [6, 6.07) is 0. The van der Waals surface area contributed by atoms with Crippen LogP contribution in [0.15, 0.2) is 11.8 Å². The summed E-state index contributed by atoms with van der Waals surface area (Å²) in [5.74, 6) is 1.06. The molecule has 0 aromatic rings. The molecule has 0 bridgehead atoms. The molecule has 0 radical (unpaired) electrons. The maximum Gasteiger partial charge on any atom is 0.157 e. The maximum atomic E-state index is 5.97. The Labute approximate surface area is 92.0 Å². The lowest BCUT2D eigenvalue weighted by Gasteiger charge is -2.45. The van der Waals surface area contributed by atoms with Gasteiger partial charge in [0.2, 0.25) is 0 Å². The fourth-order valence-electron chi connectivity index (χ4n) is 2.27. The second-order valence-corrected chi connectivity index (χ2v) is 5.13. The number of hydrogen-bond donors (Lipinski definition) is 0. The Kier molecular flexibility index (Phi) is 3.03. The molecule has 2 aliphatic heterocycles. The summed E-state index contributed by atoms with van der Waals surface area (Å²) in [4.78, 5) is 2.40. The van der Waals surface area contributed by atoms with Crippen molar-refractivity contribution in [2.75, 3.05) is 26.3 Å². The van der Waals surface area contributed by atoms with Crippen LogP contribution in [0.4, 0.5) is 0 Å². The molecule has 0 aromatic carbocycles. The lowest BCUT2D eigenvalue weighted by Crippen LogP contribution is -2.52. The van der Waals surface area contributed by atoms with Crippen LogP contribution in [0.2, 0.25) is 0 Å². The molecular formula is C12H21NO2. The number of ether oxygens (including phenoxy) is 2. The van der Waals surface area contributed by atoms with E-state index in [2.05, 4.69) is 24.8 Å². The molecule has 2 heterocycles. The minimum absolute atomic E-state index is 0.205. The monoisotopic (exact) mass is 211 g/mol. The van der Waals surface area contributed by atoms with Gasteiger partial charge in [0.15, 0.2) is 6.23 Å². The Morgan fingerprint density at radius 2 is 2.00 bits per heavy atom. The van der Waals surface area contributed by atoms with E-state index in [4.69, 9.17) is 9.47 Å². The second kappa shape index (κ2) is 4.14. The summed E-state index contributed by atoms with van der Waals surface area (Å²) < 4.78 is 11.3. The van der Waals surface area contributed by atoms with Gasteiger partial charge in [-0.25, -0.2) is 0 Å². The van der Waals surface area contributed by atoms with Gasteiger partial charge in [-0.2, -0.15) is 0 Å². The van der Waals surface area contributed by atoms with E-state index < -0.39 is 0 Å². The SMILES string of the molecule is CC1=CCC(C)(C)C(N2CCOCC2)O1. The maximum absolute atomic E-state index is 5.97. The number of allylic oxidation sites excluding steroid dienone is 2. The van der Waals surface area contributed by atoms with Crippen molar-refractivity contribution >= 4 is 0 Å². The van der Waals surface area contributed by atoms with Gasteiger partial charge in [0, 0.05) is 18.5 Å². The highest BCUT2D eigenvalue weighted by Crippen LogP contribution is 2.36. The van der Waals surface area contributed by atoms with Crippen molar-refractivity contribution in [2.24, 2.45) is 5.41 Å². The van der Waals surface area contributed by atoms with Crippen molar-refractivity contribution in [3.8, 4) is 0 Å². The van der Waals surface area contributed by atoms with Crippen LogP contribution in [-0.2, 0) is 9.47 Å². The third-order valence-electron chi connectivity index (χ3n) is 3.26. The van der Waals surface area contributed by atoms with Gasteiger partial charge in [0.25, 0.3) is 0 Å². The number of nitrogens with zero attached hydrogens (tertiary/aromatic N) is 1. The van der Waals surface area contributed by atoms with Crippen LogP contribution in [0, 0.1) is 5.41 Å². The molecule has 3 nitrogen and oxygen atoms in total. The predicted octanol–water partition coefficient (Wildman–Crippen LogP) is 2.00. The van der Waals surface area contributed by atoms with Crippen molar-refractivity contribution in [3.05, 3.63) is 11.8 Å². The zero-order valence-corrected chi connectivity index (χ0v) is 9.95. The van der Waals surface area contributed by atoms with Crippen molar-refractivity contribution in [1.82, 2.24) is 4.90 Å². The fourth-order valence-corrected chi connectivity index (χ4v) is 2.27. The van der Waals surface area contributed by atoms with E-state index in [0.717, 1.165) is 38.5 Å². The van der Waals surface area contributed by atoms with E-state index in [1.165, 1.54) is 0 Å². The molecule has 0 saturated carbocycles. The van der Waals surface area contributed by atoms with Crippen LogP contribution in [0.5, 0.6) is 0 Å². The smallest absolute Gasteiger partial charge is 0.157 e. The zero-order valence-electron chi connectivity index (χ0n) is 9.95.